The summed E-state index contributed by atoms with van der Waals surface area (Å²) in [6, 6.07) is 2.10. The monoisotopic (exact) mass is 204 g/mol. The summed E-state index contributed by atoms with van der Waals surface area (Å²) in [7, 11) is 1.27. The minimum absolute atomic E-state index is 0.0872. The molecule has 0 saturated carbocycles. The molecule has 1 aromatic carbocycles. The van der Waals surface area contributed by atoms with Gasteiger partial charge in [-0.25, -0.2) is 4.21 Å². The minimum Gasteiger partial charge on any atom is -0.504 e. The molecule has 0 aliphatic rings. The van der Waals surface area contributed by atoms with Gasteiger partial charge in [-0.2, -0.15) is 0 Å². The van der Waals surface area contributed by atoms with Gasteiger partial charge in [-0.3, -0.25) is 0 Å². The standard InChI is InChI=1S/C7H8O5S/c1-12-7-5(8)2-4(13(10)11)3-6(7)9/h2-3,8-9H,1H3,(H,10,11). The zero-order chi connectivity index (χ0) is 10.0. The lowest BCUT2D eigenvalue weighted by Crippen LogP contribution is -1.90. The smallest absolute Gasteiger partial charge is 0.202 e. The highest BCUT2D eigenvalue weighted by molar-refractivity contribution is 7.79. The highest BCUT2D eigenvalue weighted by atomic mass is 32.2. The molecule has 0 fully saturated rings. The molecule has 0 bridgehead atoms. The summed E-state index contributed by atoms with van der Waals surface area (Å²) in [4.78, 5) is -0.0872. The number of hydrogen-bond acceptors (Lipinski definition) is 4. The molecule has 5 nitrogen and oxygen atoms in total. The first-order valence-corrected chi connectivity index (χ1v) is 4.37. The van der Waals surface area contributed by atoms with E-state index < -0.39 is 11.1 Å². The van der Waals surface area contributed by atoms with Crippen LogP contribution in [0.2, 0.25) is 0 Å². The average molecular weight is 204 g/mol. The van der Waals surface area contributed by atoms with Gasteiger partial charge in [0.1, 0.15) is 0 Å². The van der Waals surface area contributed by atoms with Crippen molar-refractivity contribution in [2.75, 3.05) is 7.11 Å². The van der Waals surface area contributed by atoms with Gasteiger partial charge in [0.2, 0.25) is 5.75 Å². The highest BCUT2D eigenvalue weighted by Crippen LogP contribution is 2.37. The van der Waals surface area contributed by atoms with Crippen molar-refractivity contribution in [3.8, 4) is 17.2 Å². The quantitative estimate of drug-likeness (QED) is 0.617. The molecule has 0 heterocycles. The lowest BCUT2D eigenvalue weighted by Gasteiger charge is -2.06. The largest absolute Gasteiger partial charge is 0.504 e. The number of benzene rings is 1. The summed E-state index contributed by atoms with van der Waals surface area (Å²) in [5, 5.41) is 18.4. The summed E-state index contributed by atoms with van der Waals surface area (Å²) in [6.45, 7) is 0. The third kappa shape index (κ3) is 1.90. The van der Waals surface area contributed by atoms with Crippen molar-refractivity contribution in [2.24, 2.45) is 0 Å². The van der Waals surface area contributed by atoms with E-state index in [0.717, 1.165) is 12.1 Å². The molecule has 1 unspecified atom stereocenters. The molecule has 1 rings (SSSR count). The van der Waals surface area contributed by atoms with Crippen LogP contribution in [-0.2, 0) is 11.1 Å². The van der Waals surface area contributed by atoms with Crippen molar-refractivity contribution in [1.82, 2.24) is 0 Å². The minimum atomic E-state index is -2.24. The van der Waals surface area contributed by atoms with E-state index in [1.807, 2.05) is 0 Å². The molecule has 0 radical (unpaired) electrons. The molecule has 0 spiro atoms. The number of ether oxygens (including phenoxy) is 1. The fraction of sp³-hybridized carbons (Fsp3) is 0.143. The van der Waals surface area contributed by atoms with Gasteiger partial charge in [-0.05, 0) is 0 Å². The molecule has 72 valence electrons. The predicted molar refractivity (Wildman–Crippen MR) is 45.4 cm³/mol. The maximum absolute atomic E-state index is 10.6. The highest BCUT2D eigenvalue weighted by Gasteiger charge is 2.12. The molecule has 13 heavy (non-hydrogen) atoms. The van der Waals surface area contributed by atoms with Crippen LogP contribution in [0.4, 0.5) is 0 Å². The van der Waals surface area contributed by atoms with Crippen LogP contribution in [0.5, 0.6) is 17.2 Å². The van der Waals surface area contributed by atoms with E-state index in [1.165, 1.54) is 7.11 Å². The maximum Gasteiger partial charge on any atom is 0.202 e. The molecule has 0 aliphatic carbocycles. The zero-order valence-electron chi connectivity index (χ0n) is 6.72. The van der Waals surface area contributed by atoms with E-state index in [2.05, 4.69) is 4.74 Å². The molecule has 0 amide bonds. The summed E-state index contributed by atoms with van der Waals surface area (Å²) >= 11 is -2.24. The van der Waals surface area contributed by atoms with Gasteiger partial charge in [0.15, 0.2) is 22.6 Å². The summed E-state index contributed by atoms with van der Waals surface area (Å²) in [5.41, 5.74) is 0. The van der Waals surface area contributed by atoms with Gasteiger partial charge in [-0.1, -0.05) is 0 Å². The Labute approximate surface area is 76.9 Å². The summed E-state index contributed by atoms with van der Waals surface area (Å²) in [6.07, 6.45) is 0. The molecular weight excluding hydrogens is 196 g/mol. The Balaban J connectivity index is 3.28. The number of hydrogen-bond donors (Lipinski definition) is 3. The molecule has 1 atom stereocenters. The second-order valence-electron chi connectivity index (χ2n) is 2.24. The first-order chi connectivity index (χ1) is 6.06. The second-order valence-corrected chi connectivity index (χ2v) is 3.21. The number of methoxy groups -OCH3 is 1. The molecule has 0 aromatic heterocycles. The number of phenols is 2. The first kappa shape index (κ1) is 9.82. The number of aromatic hydroxyl groups is 2. The van der Waals surface area contributed by atoms with Crippen LogP contribution in [0.15, 0.2) is 17.0 Å². The van der Waals surface area contributed by atoms with Crippen molar-refractivity contribution >= 4 is 11.1 Å². The van der Waals surface area contributed by atoms with Crippen LogP contribution in [0.1, 0.15) is 0 Å². The van der Waals surface area contributed by atoms with E-state index in [9.17, 15) is 14.4 Å². The Hall–Kier alpha value is -1.27. The fourth-order valence-electron chi connectivity index (χ4n) is 0.883. The van der Waals surface area contributed by atoms with Gasteiger partial charge < -0.3 is 19.5 Å². The van der Waals surface area contributed by atoms with E-state index >= 15 is 0 Å². The third-order valence-corrected chi connectivity index (χ3v) is 2.07. The molecule has 0 aliphatic heterocycles. The van der Waals surface area contributed by atoms with E-state index in [-0.39, 0.29) is 22.1 Å². The third-order valence-electron chi connectivity index (χ3n) is 1.43. The maximum atomic E-state index is 10.6. The van der Waals surface area contributed by atoms with Crippen molar-refractivity contribution in [3.63, 3.8) is 0 Å². The fourth-order valence-corrected chi connectivity index (χ4v) is 1.31. The van der Waals surface area contributed by atoms with Crippen LogP contribution in [0.3, 0.4) is 0 Å². The Morgan fingerprint density at radius 3 is 2.08 bits per heavy atom. The predicted octanol–water partition coefficient (Wildman–Crippen LogP) is 0.687. The van der Waals surface area contributed by atoms with Crippen LogP contribution in [-0.4, -0.2) is 26.1 Å². The lowest BCUT2D eigenvalue weighted by atomic mass is 10.3. The number of phenolic OH excluding ortho intramolecular Hbond substituents is 2. The summed E-state index contributed by atoms with van der Waals surface area (Å²) in [5.74, 6) is -0.867. The van der Waals surface area contributed by atoms with Crippen LogP contribution in [0.25, 0.3) is 0 Å². The zero-order valence-corrected chi connectivity index (χ0v) is 7.54. The lowest BCUT2D eigenvalue weighted by molar-refractivity contribution is 0.343. The Kier molecular flexibility index (Phi) is 2.74. The van der Waals surface area contributed by atoms with Gasteiger partial charge >= 0.3 is 0 Å². The first-order valence-electron chi connectivity index (χ1n) is 3.27. The van der Waals surface area contributed by atoms with Crippen LogP contribution < -0.4 is 4.74 Å². The van der Waals surface area contributed by atoms with Crippen LogP contribution in [0, 0.1) is 0 Å². The average Bonchev–Trinajstić information content (AvgIpc) is 2.03. The van der Waals surface area contributed by atoms with Gasteiger partial charge in [0, 0.05) is 12.1 Å². The van der Waals surface area contributed by atoms with Crippen molar-refractivity contribution in [1.29, 1.82) is 0 Å². The van der Waals surface area contributed by atoms with Crippen molar-refractivity contribution in [3.05, 3.63) is 12.1 Å². The van der Waals surface area contributed by atoms with E-state index in [0.29, 0.717) is 0 Å². The van der Waals surface area contributed by atoms with E-state index in [4.69, 9.17) is 4.55 Å². The van der Waals surface area contributed by atoms with Crippen LogP contribution >= 0.6 is 0 Å². The van der Waals surface area contributed by atoms with Crippen molar-refractivity contribution in [2.45, 2.75) is 4.90 Å². The SMILES string of the molecule is COc1c(O)cc(S(=O)O)cc1O. The second kappa shape index (κ2) is 3.63. The van der Waals surface area contributed by atoms with Gasteiger partial charge in [0.05, 0.1) is 12.0 Å². The Morgan fingerprint density at radius 2 is 1.77 bits per heavy atom. The molecule has 1 aromatic rings. The number of rotatable bonds is 2. The molecule has 3 N–H and O–H groups in total. The Bertz CT molecular complexity index is 326. The van der Waals surface area contributed by atoms with Gasteiger partial charge in [0.25, 0.3) is 0 Å². The molecule has 6 heteroatoms. The molecular formula is C7H8O5S. The summed E-state index contributed by atoms with van der Waals surface area (Å²) < 4.78 is 23.8. The van der Waals surface area contributed by atoms with Crippen molar-refractivity contribution < 1.29 is 23.7 Å². The molecule has 0 saturated heterocycles. The Morgan fingerprint density at radius 1 is 1.31 bits per heavy atom. The normalized spacial score (nSPS) is 12.5. The topological polar surface area (TPSA) is 87.0 Å². The van der Waals surface area contributed by atoms with E-state index in [1.54, 1.807) is 0 Å². The van der Waals surface area contributed by atoms with Gasteiger partial charge in [-0.15, -0.1) is 0 Å².